The van der Waals surface area contributed by atoms with Gasteiger partial charge in [-0.05, 0) is 69.3 Å². The highest BCUT2D eigenvalue weighted by atomic mass is 16.2. The fourth-order valence-electron chi connectivity index (χ4n) is 4.17. The van der Waals surface area contributed by atoms with Crippen LogP contribution < -0.4 is 27.8 Å². The Hall–Kier alpha value is -3.59. The number of aryl methyl sites for hydroxylation is 1. The van der Waals surface area contributed by atoms with Gasteiger partial charge in [-0.25, -0.2) is 0 Å². The molecular formula is C29H38N6O2. The molecule has 0 bridgehead atoms. The highest BCUT2D eigenvalue weighted by molar-refractivity contribution is 5.98. The van der Waals surface area contributed by atoms with Gasteiger partial charge in [0.15, 0.2) is 0 Å². The van der Waals surface area contributed by atoms with Crippen LogP contribution in [0.15, 0.2) is 78.5 Å². The monoisotopic (exact) mass is 502 g/mol. The van der Waals surface area contributed by atoms with Crippen molar-refractivity contribution in [3.8, 4) is 0 Å². The van der Waals surface area contributed by atoms with Gasteiger partial charge in [0.05, 0.1) is 23.4 Å². The molecule has 8 nitrogen and oxygen atoms in total. The number of aromatic nitrogens is 1. The standard InChI is InChI=1S/C29H38N6O2/c30-17-15-22(16-18-31)9-6-11-25(32)28(36)35-27(14-13-21-7-2-1-3-8-21)29(37)34-24-19-23-10-4-5-12-26(23)33-20-24/h1-5,7-10,12,19-20,25,27H,6,11,13-18,30-32H2,(H,34,37)(H,35,36)/t25-,27-/m0/s1. The van der Waals surface area contributed by atoms with E-state index in [2.05, 4.69) is 21.7 Å². The Kier molecular flexibility index (Phi) is 11.2. The summed E-state index contributed by atoms with van der Waals surface area (Å²) in [6.07, 6.45) is 7.43. The molecule has 0 aliphatic heterocycles. The predicted molar refractivity (Wildman–Crippen MR) is 150 cm³/mol. The van der Waals surface area contributed by atoms with Crippen molar-refractivity contribution >= 4 is 28.4 Å². The van der Waals surface area contributed by atoms with Crippen molar-refractivity contribution in [1.29, 1.82) is 0 Å². The molecule has 0 saturated heterocycles. The van der Waals surface area contributed by atoms with Crippen molar-refractivity contribution in [3.63, 3.8) is 0 Å². The zero-order valence-electron chi connectivity index (χ0n) is 21.2. The number of benzene rings is 2. The zero-order chi connectivity index (χ0) is 26.5. The average Bonchev–Trinajstić information content (AvgIpc) is 2.91. The van der Waals surface area contributed by atoms with Crippen LogP contribution in [0.2, 0.25) is 0 Å². The number of carbonyl (C=O) groups is 2. The van der Waals surface area contributed by atoms with Crippen molar-refractivity contribution in [1.82, 2.24) is 10.3 Å². The zero-order valence-corrected chi connectivity index (χ0v) is 21.2. The molecule has 0 aliphatic rings. The second kappa shape index (κ2) is 14.8. The number of anilines is 1. The van der Waals surface area contributed by atoms with Gasteiger partial charge in [-0.2, -0.15) is 0 Å². The first-order valence-corrected chi connectivity index (χ1v) is 12.8. The fraction of sp³-hybridized carbons (Fsp3) is 0.345. The van der Waals surface area contributed by atoms with Crippen molar-refractivity contribution in [2.75, 3.05) is 18.4 Å². The lowest BCUT2D eigenvalue weighted by Gasteiger charge is -2.21. The number of hydrogen-bond acceptors (Lipinski definition) is 6. The number of fused-ring (bicyclic) bond motifs is 1. The number of hydrogen-bond donors (Lipinski definition) is 5. The van der Waals surface area contributed by atoms with Crippen LogP contribution in [0.3, 0.4) is 0 Å². The molecule has 8 N–H and O–H groups in total. The van der Waals surface area contributed by atoms with Crippen LogP contribution in [-0.4, -0.2) is 42.0 Å². The minimum atomic E-state index is -0.745. The molecule has 0 spiro atoms. The number of pyridine rings is 1. The van der Waals surface area contributed by atoms with E-state index in [0.29, 0.717) is 44.5 Å². The molecule has 196 valence electrons. The molecule has 8 heteroatoms. The maximum Gasteiger partial charge on any atom is 0.247 e. The van der Waals surface area contributed by atoms with Crippen molar-refractivity contribution in [2.45, 2.75) is 50.6 Å². The number of nitrogens with zero attached hydrogens (tertiary/aromatic N) is 1. The first kappa shape index (κ1) is 28.0. The quantitative estimate of drug-likeness (QED) is 0.214. The van der Waals surface area contributed by atoms with E-state index in [1.165, 1.54) is 5.57 Å². The average molecular weight is 503 g/mol. The number of carbonyl (C=O) groups excluding carboxylic acids is 2. The van der Waals surface area contributed by atoms with E-state index in [-0.39, 0.29) is 11.8 Å². The van der Waals surface area contributed by atoms with Crippen LogP contribution in [0, 0.1) is 0 Å². The van der Waals surface area contributed by atoms with Crippen molar-refractivity contribution in [2.24, 2.45) is 17.2 Å². The third-order valence-electron chi connectivity index (χ3n) is 6.23. The number of rotatable bonds is 14. The number of nitrogens with two attached hydrogens (primary N) is 3. The molecular weight excluding hydrogens is 464 g/mol. The Morgan fingerprint density at radius 3 is 2.35 bits per heavy atom. The third-order valence-corrected chi connectivity index (χ3v) is 6.23. The maximum atomic E-state index is 13.2. The summed E-state index contributed by atoms with van der Waals surface area (Å²) in [6.45, 7) is 1.12. The van der Waals surface area contributed by atoms with Gasteiger partial charge >= 0.3 is 0 Å². The second-order valence-corrected chi connectivity index (χ2v) is 9.11. The van der Waals surface area contributed by atoms with E-state index in [0.717, 1.165) is 29.3 Å². The van der Waals surface area contributed by atoms with Gasteiger partial charge in [0, 0.05) is 5.39 Å². The lowest BCUT2D eigenvalue weighted by atomic mass is 10.0. The van der Waals surface area contributed by atoms with Crippen LogP contribution in [-0.2, 0) is 16.0 Å². The number of nitrogens with one attached hydrogen (secondary N) is 2. The van der Waals surface area contributed by atoms with Gasteiger partial charge in [0.25, 0.3) is 0 Å². The Labute approximate surface area is 218 Å². The number of amides is 2. The van der Waals surface area contributed by atoms with Crippen LogP contribution >= 0.6 is 0 Å². The molecule has 0 unspecified atom stereocenters. The van der Waals surface area contributed by atoms with Crippen LogP contribution in [0.25, 0.3) is 10.9 Å². The van der Waals surface area contributed by atoms with E-state index in [4.69, 9.17) is 17.2 Å². The largest absolute Gasteiger partial charge is 0.343 e. The minimum Gasteiger partial charge on any atom is -0.343 e. The fourth-order valence-corrected chi connectivity index (χ4v) is 4.17. The van der Waals surface area contributed by atoms with Gasteiger partial charge < -0.3 is 27.8 Å². The molecule has 37 heavy (non-hydrogen) atoms. The smallest absolute Gasteiger partial charge is 0.247 e. The molecule has 2 atom stereocenters. The third kappa shape index (κ3) is 9.09. The van der Waals surface area contributed by atoms with Crippen LogP contribution in [0.1, 0.15) is 37.7 Å². The molecule has 0 radical (unpaired) electrons. The Balaban J connectivity index is 1.65. The molecule has 1 heterocycles. The van der Waals surface area contributed by atoms with Gasteiger partial charge in [-0.15, -0.1) is 0 Å². The lowest BCUT2D eigenvalue weighted by Crippen LogP contribution is -2.50. The van der Waals surface area contributed by atoms with Gasteiger partial charge in [0.2, 0.25) is 11.8 Å². The lowest BCUT2D eigenvalue weighted by molar-refractivity contribution is -0.127. The summed E-state index contributed by atoms with van der Waals surface area (Å²) in [6, 6.07) is 17.9. The molecule has 3 aromatic rings. The van der Waals surface area contributed by atoms with Gasteiger partial charge in [-0.3, -0.25) is 14.6 Å². The second-order valence-electron chi connectivity index (χ2n) is 9.11. The van der Waals surface area contributed by atoms with Crippen molar-refractivity contribution < 1.29 is 9.59 Å². The first-order valence-electron chi connectivity index (χ1n) is 12.8. The van der Waals surface area contributed by atoms with E-state index in [1.54, 1.807) is 6.20 Å². The van der Waals surface area contributed by atoms with Gasteiger partial charge in [0.1, 0.15) is 6.04 Å². The van der Waals surface area contributed by atoms with Crippen molar-refractivity contribution in [3.05, 3.63) is 84.1 Å². The molecule has 1 aromatic heterocycles. The highest BCUT2D eigenvalue weighted by Crippen LogP contribution is 2.17. The summed E-state index contributed by atoms with van der Waals surface area (Å²) in [5.41, 5.74) is 21.2. The number of para-hydroxylation sites is 1. The summed E-state index contributed by atoms with van der Waals surface area (Å²) in [5, 5.41) is 6.71. The van der Waals surface area contributed by atoms with E-state index >= 15 is 0 Å². The van der Waals surface area contributed by atoms with E-state index < -0.39 is 12.1 Å². The molecule has 0 aliphatic carbocycles. The molecule has 0 fully saturated rings. The van der Waals surface area contributed by atoms with E-state index in [9.17, 15) is 9.59 Å². The molecule has 2 aromatic carbocycles. The van der Waals surface area contributed by atoms with E-state index in [1.807, 2.05) is 60.7 Å². The maximum absolute atomic E-state index is 13.2. The first-order chi connectivity index (χ1) is 18.0. The Bertz CT molecular complexity index is 1170. The van der Waals surface area contributed by atoms with Gasteiger partial charge in [-0.1, -0.05) is 60.2 Å². The molecule has 2 amide bonds. The van der Waals surface area contributed by atoms with Crippen LogP contribution in [0.4, 0.5) is 5.69 Å². The summed E-state index contributed by atoms with van der Waals surface area (Å²) in [5.74, 6) is -0.654. The summed E-state index contributed by atoms with van der Waals surface area (Å²) >= 11 is 0. The SMILES string of the molecule is NCCC(=CCC[C@H](N)C(=O)N[C@@H](CCc1ccccc1)C(=O)Nc1cnc2ccccc2c1)CCN. The topological polar surface area (TPSA) is 149 Å². The number of allylic oxidation sites excluding steroid dienone is 1. The Morgan fingerprint density at radius 1 is 0.919 bits per heavy atom. The van der Waals surface area contributed by atoms with Crippen LogP contribution in [0.5, 0.6) is 0 Å². The normalized spacial score (nSPS) is 12.5. The minimum absolute atomic E-state index is 0.304. The Morgan fingerprint density at radius 2 is 1.62 bits per heavy atom. The summed E-state index contributed by atoms with van der Waals surface area (Å²) in [7, 11) is 0. The summed E-state index contributed by atoms with van der Waals surface area (Å²) in [4.78, 5) is 30.6. The molecule has 3 rings (SSSR count). The molecule has 0 saturated carbocycles. The summed E-state index contributed by atoms with van der Waals surface area (Å²) < 4.78 is 0. The highest BCUT2D eigenvalue weighted by Gasteiger charge is 2.24. The predicted octanol–water partition coefficient (Wildman–Crippen LogP) is 3.02.